The highest BCUT2D eigenvalue weighted by atomic mass is 28.3. The molecule has 1 atom stereocenters. The van der Waals surface area contributed by atoms with Gasteiger partial charge in [-0.3, -0.25) is 4.90 Å². The molecule has 0 aromatic carbocycles. The van der Waals surface area contributed by atoms with E-state index >= 15 is 0 Å². The molecule has 1 unspecified atom stereocenters. The molecule has 0 spiro atoms. The molecule has 132 valence electrons. The van der Waals surface area contributed by atoms with E-state index in [9.17, 15) is 14.7 Å². The Morgan fingerprint density at radius 1 is 1.22 bits per heavy atom. The van der Waals surface area contributed by atoms with Gasteiger partial charge in [0.1, 0.15) is 6.23 Å². The van der Waals surface area contributed by atoms with E-state index in [1.807, 2.05) is 0 Å². The summed E-state index contributed by atoms with van der Waals surface area (Å²) in [5.41, 5.74) is 0. The van der Waals surface area contributed by atoms with Gasteiger partial charge in [-0.2, -0.15) is 0 Å². The Hall–Kier alpha value is -1.28. The number of piperidine rings is 1. The van der Waals surface area contributed by atoms with Crippen LogP contribution in [0.5, 0.6) is 0 Å². The number of rotatable bonds is 5. The smallest absolute Gasteiger partial charge is 0.409 e. The minimum absolute atomic E-state index is 0.0931. The number of carbonyl (C=O) groups is 2. The number of likely N-dealkylation sites (tertiary alicyclic amines) is 2. The lowest BCUT2D eigenvalue weighted by atomic mass is 10.1. The van der Waals surface area contributed by atoms with Crippen LogP contribution in [0.4, 0.5) is 9.59 Å². The molecule has 0 bridgehead atoms. The fourth-order valence-electron chi connectivity index (χ4n) is 2.69. The molecule has 7 nitrogen and oxygen atoms in total. The second-order valence-corrected chi connectivity index (χ2v) is 13.1. The summed E-state index contributed by atoms with van der Waals surface area (Å²) in [4.78, 5) is 26.0. The summed E-state index contributed by atoms with van der Waals surface area (Å²) in [7, 11) is -1.19. The first-order chi connectivity index (χ1) is 10.8. The van der Waals surface area contributed by atoms with Gasteiger partial charge in [-0.1, -0.05) is 19.6 Å². The molecule has 0 aliphatic carbocycles. The van der Waals surface area contributed by atoms with Crippen LogP contribution in [-0.2, 0) is 9.47 Å². The minimum Gasteiger partial charge on any atom is -0.465 e. The summed E-state index contributed by atoms with van der Waals surface area (Å²) in [6.45, 7) is 8.69. The van der Waals surface area contributed by atoms with Crippen LogP contribution < -0.4 is 0 Å². The van der Waals surface area contributed by atoms with Crippen molar-refractivity contribution >= 4 is 20.3 Å². The molecule has 8 heteroatoms. The van der Waals surface area contributed by atoms with Crippen LogP contribution in [0.1, 0.15) is 19.3 Å². The number of carbonyl (C=O) groups excluding carboxylic acids is 1. The predicted molar refractivity (Wildman–Crippen MR) is 88.3 cm³/mol. The lowest BCUT2D eigenvalue weighted by Gasteiger charge is -2.42. The van der Waals surface area contributed by atoms with Gasteiger partial charge >= 0.3 is 12.2 Å². The molecule has 2 fully saturated rings. The van der Waals surface area contributed by atoms with Crippen molar-refractivity contribution in [3.8, 4) is 0 Å². The summed E-state index contributed by atoms with van der Waals surface area (Å²) < 4.78 is 11.1. The number of carboxylic acid groups (broad SMARTS) is 1. The molecular weight excluding hydrogens is 316 g/mol. The SMILES string of the molecule is C[Si](C)(C)CCOC(=O)N1CC(OC2CCCCN2C(=O)O)C1. The van der Waals surface area contributed by atoms with Gasteiger partial charge < -0.3 is 19.5 Å². The second-order valence-electron chi connectivity index (χ2n) is 7.51. The first-order valence-electron chi connectivity index (χ1n) is 8.33. The molecule has 0 aromatic heterocycles. The van der Waals surface area contributed by atoms with Crippen LogP contribution in [-0.4, -0.2) is 73.7 Å². The van der Waals surface area contributed by atoms with Gasteiger partial charge in [-0.25, -0.2) is 9.59 Å². The van der Waals surface area contributed by atoms with Crippen molar-refractivity contribution in [2.24, 2.45) is 0 Å². The molecule has 0 aromatic rings. The van der Waals surface area contributed by atoms with Crippen LogP contribution in [0.3, 0.4) is 0 Å². The molecule has 2 aliphatic heterocycles. The monoisotopic (exact) mass is 344 g/mol. The van der Waals surface area contributed by atoms with E-state index in [4.69, 9.17) is 9.47 Å². The van der Waals surface area contributed by atoms with E-state index in [1.165, 1.54) is 4.90 Å². The molecule has 2 aliphatic rings. The largest absolute Gasteiger partial charge is 0.465 e. The maximum absolute atomic E-state index is 11.9. The Balaban J connectivity index is 1.68. The summed E-state index contributed by atoms with van der Waals surface area (Å²) in [6, 6.07) is 0.960. The van der Waals surface area contributed by atoms with Crippen LogP contribution in [0.25, 0.3) is 0 Å². The molecular formula is C15H28N2O5Si. The van der Waals surface area contributed by atoms with Gasteiger partial charge in [0, 0.05) is 14.6 Å². The quantitative estimate of drug-likeness (QED) is 0.776. The summed E-state index contributed by atoms with van der Waals surface area (Å²) in [6.07, 6.45) is 0.888. The normalized spacial score (nSPS) is 22.7. The Morgan fingerprint density at radius 3 is 2.52 bits per heavy atom. The average molecular weight is 344 g/mol. The fourth-order valence-corrected chi connectivity index (χ4v) is 3.41. The van der Waals surface area contributed by atoms with E-state index in [0.29, 0.717) is 26.2 Å². The molecule has 2 heterocycles. The molecule has 2 rings (SSSR count). The highest BCUT2D eigenvalue weighted by molar-refractivity contribution is 6.76. The lowest BCUT2D eigenvalue weighted by Crippen LogP contribution is -2.58. The Bertz CT molecular complexity index is 434. The third-order valence-electron chi connectivity index (χ3n) is 4.23. The van der Waals surface area contributed by atoms with Gasteiger partial charge in [0.05, 0.1) is 25.8 Å². The van der Waals surface area contributed by atoms with E-state index in [0.717, 1.165) is 25.3 Å². The van der Waals surface area contributed by atoms with E-state index in [2.05, 4.69) is 19.6 Å². The van der Waals surface area contributed by atoms with Gasteiger partial charge in [-0.05, 0) is 25.3 Å². The molecule has 0 saturated carbocycles. The van der Waals surface area contributed by atoms with Crippen molar-refractivity contribution in [3.63, 3.8) is 0 Å². The summed E-state index contributed by atoms with van der Waals surface area (Å²) >= 11 is 0. The van der Waals surface area contributed by atoms with Crippen LogP contribution >= 0.6 is 0 Å². The van der Waals surface area contributed by atoms with Crippen molar-refractivity contribution < 1.29 is 24.2 Å². The van der Waals surface area contributed by atoms with Crippen molar-refractivity contribution in [1.82, 2.24) is 9.80 Å². The highest BCUT2D eigenvalue weighted by Crippen LogP contribution is 2.23. The first kappa shape index (κ1) is 18.1. The maximum Gasteiger partial charge on any atom is 0.409 e. The second kappa shape index (κ2) is 7.52. The predicted octanol–water partition coefficient (Wildman–Crippen LogP) is 2.65. The van der Waals surface area contributed by atoms with Crippen molar-refractivity contribution in [3.05, 3.63) is 0 Å². The van der Waals surface area contributed by atoms with Crippen molar-refractivity contribution in [2.75, 3.05) is 26.2 Å². The Kier molecular flexibility index (Phi) is 5.91. The van der Waals surface area contributed by atoms with Crippen LogP contribution in [0.15, 0.2) is 0 Å². The molecule has 2 amide bonds. The molecule has 1 N–H and O–H groups in total. The highest BCUT2D eigenvalue weighted by Gasteiger charge is 2.37. The van der Waals surface area contributed by atoms with E-state index < -0.39 is 14.2 Å². The zero-order chi connectivity index (χ0) is 17.0. The number of hydrogen-bond donors (Lipinski definition) is 1. The Morgan fingerprint density at radius 2 is 1.91 bits per heavy atom. The van der Waals surface area contributed by atoms with Gasteiger partial charge in [0.15, 0.2) is 0 Å². The maximum atomic E-state index is 11.9. The van der Waals surface area contributed by atoms with Gasteiger partial charge in [0.2, 0.25) is 0 Å². The number of amides is 2. The zero-order valence-electron chi connectivity index (χ0n) is 14.3. The van der Waals surface area contributed by atoms with Crippen molar-refractivity contribution in [1.29, 1.82) is 0 Å². The summed E-state index contributed by atoms with van der Waals surface area (Å²) in [5, 5.41) is 9.18. The number of ether oxygens (including phenoxy) is 2. The number of nitrogens with zero attached hydrogens (tertiary/aromatic N) is 2. The fraction of sp³-hybridized carbons (Fsp3) is 0.867. The van der Waals surface area contributed by atoms with Gasteiger partial charge in [0.25, 0.3) is 0 Å². The number of hydrogen-bond acceptors (Lipinski definition) is 4. The van der Waals surface area contributed by atoms with Crippen molar-refractivity contribution in [2.45, 2.75) is 57.3 Å². The van der Waals surface area contributed by atoms with Crippen LogP contribution in [0.2, 0.25) is 25.7 Å². The third kappa shape index (κ3) is 5.38. The topological polar surface area (TPSA) is 79.3 Å². The average Bonchev–Trinajstić information content (AvgIpc) is 2.41. The van der Waals surface area contributed by atoms with Gasteiger partial charge in [-0.15, -0.1) is 0 Å². The first-order valence-corrected chi connectivity index (χ1v) is 12.0. The molecule has 0 radical (unpaired) electrons. The molecule has 23 heavy (non-hydrogen) atoms. The molecule has 2 saturated heterocycles. The Labute approximate surface area is 138 Å². The lowest BCUT2D eigenvalue weighted by molar-refractivity contribution is -0.142. The zero-order valence-corrected chi connectivity index (χ0v) is 15.3. The third-order valence-corrected chi connectivity index (χ3v) is 5.93. The standard InChI is InChI=1S/C15H28N2O5Si/c1-23(2,3)9-8-21-15(20)16-10-12(11-16)22-13-6-4-5-7-17(13)14(18)19/h12-13H,4-11H2,1-3H3,(H,18,19). The van der Waals surface area contributed by atoms with Crippen LogP contribution in [0, 0.1) is 0 Å². The summed E-state index contributed by atoms with van der Waals surface area (Å²) in [5.74, 6) is 0. The van der Waals surface area contributed by atoms with E-state index in [-0.39, 0.29) is 18.4 Å². The minimum atomic E-state index is -1.19. The van der Waals surface area contributed by atoms with E-state index in [1.54, 1.807) is 4.90 Å².